The largest absolute Gasteiger partial charge is 0.467 e. The Hall–Kier alpha value is -1.63. The van der Waals surface area contributed by atoms with Crippen LogP contribution in [-0.2, 0) is 0 Å². The second-order valence-corrected chi connectivity index (χ2v) is 4.63. The fraction of sp³-hybridized carbons (Fsp3) is 0.727. The predicted octanol–water partition coefficient (Wildman–Crippen LogP) is 1.16. The van der Waals surface area contributed by atoms with Crippen LogP contribution in [0.4, 0.5) is 11.9 Å². The molecule has 1 aromatic rings. The van der Waals surface area contributed by atoms with E-state index >= 15 is 0 Å². The van der Waals surface area contributed by atoms with Gasteiger partial charge in [0, 0.05) is 6.04 Å². The summed E-state index contributed by atoms with van der Waals surface area (Å²) in [6.45, 7) is 2.25. The SMILES string of the molecule is COc1nc(NN)nc(NC2CCCCC2C)n1. The summed E-state index contributed by atoms with van der Waals surface area (Å²) in [5, 5.41) is 3.34. The van der Waals surface area contributed by atoms with Gasteiger partial charge in [0.1, 0.15) is 0 Å². The van der Waals surface area contributed by atoms with Gasteiger partial charge in [-0.15, -0.1) is 0 Å². The Morgan fingerprint density at radius 2 is 1.89 bits per heavy atom. The average Bonchev–Trinajstić information content (AvgIpc) is 2.41. The van der Waals surface area contributed by atoms with Gasteiger partial charge in [-0.05, 0) is 18.8 Å². The highest BCUT2D eigenvalue weighted by atomic mass is 16.5. The fourth-order valence-electron chi connectivity index (χ4n) is 2.27. The lowest BCUT2D eigenvalue weighted by Gasteiger charge is -2.29. The summed E-state index contributed by atoms with van der Waals surface area (Å²) < 4.78 is 5.02. The molecule has 7 nitrogen and oxygen atoms in total. The summed E-state index contributed by atoms with van der Waals surface area (Å²) in [6.07, 6.45) is 4.92. The van der Waals surface area contributed by atoms with E-state index in [9.17, 15) is 0 Å². The lowest BCUT2D eigenvalue weighted by molar-refractivity contribution is 0.346. The fourth-order valence-corrected chi connectivity index (χ4v) is 2.27. The third kappa shape index (κ3) is 2.98. The molecular formula is C11H20N6O. The zero-order valence-electron chi connectivity index (χ0n) is 10.8. The quantitative estimate of drug-likeness (QED) is 0.546. The molecule has 2 atom stereocenters. The summed E-state index contributed by atoms with van der Waals surface area (Å²) >= 11 is 0. The molecule has 0 aliphatic heterocycles. The van der Waals surface area contributed by atoms with E-state index in [-0.39, 0.29) is 6.01 Å². The first-order valence-corrected chi connectivity index (χ1v) is 6.26. The monoisotopic (exact) mass is 252 g/mol. The molecule has 2 unspecified atom stereocenters. The van der Waals surface area contributed by atoms with Crippen molar-refractivity contribution in [3.05, 3.63) is 0 Å². The summed E-state index contributed by atoms with van der Waals surface area (Å²) in [4.78, 5) is 12.3. The normalized spacial score (nSPS) is 23.5. The number of anilines is 2. The van der Waals surface area contributed by atoms with Crippen LogP contribution in [0.5, 0.6) is 6.01 Å². The molecule has 18 heavy (non-hydrogen) atoms. The molecule has 7 heteroatoms. The number of ether oxygens (including phenoxy) is 1. The smallest absolute Gasteiger partial charge is 0.322 e. The number of hydrogen-bond donors (Lipinski definition) is 3. The van der Waals surface area contributed by atoms with Crippen molar-refractivity contribution < 1.29 is 4.74 Å². The van der Waals surface area contributed by atoms with Crippen LogP contribution in [0.25, 0.3) is 0 Å². The first-order valence-electron chi connectivity index (χ1n) is 6.26. The molecule has 1 saturated carbocycles. The Balaban J connectivity index is 2.12. The molecule has 0 saturated heterocycles. The third-order valence-corrected chi connectivity index (χ3v) is 3.35. The highest BCUT2D eigenvalue weighted by Crippen LogP contribution is 2.26. The first-order chi connectivity index (χ1) is 8.72. The van der Waals surface area contributed by atoms with Gasteiger partial charge in [0.25, 0.3) is 0 Å². The van der Waals surface area contributed by atoms with E-state index in [1.54, 1.807) is 0 Å². The van der Waals surface area contributed by atoms with E-state index in [0.717, 1.165) is 6.42 Å². The number of hydrogen-bond acceptors (Lipinski definition) is 7. The molecule has 0 radical (unpaired) electrons. The molecule has 1 aliphatic carbocycles. The van der Waals surface area contributed by atoms with E-state index in [2.05, 4.69) is 32.6 Å². The summed E-state index contributed by atoms with van der Waals surface area (Å²) in [6, 6.07) is 0.653. The number of nitrogen functional groups attached to an aromatic ring is 1. The highest BCUT2D eigenvalue weighted by molar-refractivity contribution is 5.35. The van der Waals surface area contributed by atoms with Crippen LogP contribution in [0.15, 0.2) is 0 Å². The molecular weight excluding hydrogens is 232 g/mol. The Morgan fingerprint density at radius 1 is 1.17 bits per heavy atom. The number of nitrogens with two attached hydrogens (primary N) is 1. The van der Waals surface area contributed by atoms with Crippen LogP contribution in [0.3, 0.4) is 0 Å². The van der Waals surface area contributed by atoms with Crippen LogP contribution < -0.4 is 21.3 Å². The number of methoxy groups -OCH3 is 1. The first kappa shape index (κ1) is 12.8. The average molecular weight is 252 g/mol. The summed E-state index contributed by atoms with van der Waals surface area (Å²) in [7, 11) is 1.52. The second kappa shape index (κ2) is 5.81. The van der Waals surface area contributed by atoms with Crippen molar-refractivity contribution in [1.29, 1.82) is 0 Å². The predicted molar refractivity (Wildman–Crippen MR) is 69.2 cm³/mol. The van der Waals surface area contributed by atoms with Gasteiger partial charge in [0.15, 0.2) is 0 Å². The number of hydrazine groups is 1. The van der Waals surface area contributed by atoms with Crippen LogP contribution in [-0.4, -0.2) is 28.1 Å². The number of aromatic nitrogens is 3. The standard InChI is InChI=1S/C11H20N6O/c1-7-5-3-4-6-8(7)13-9-14-10(17-12)16-11(15-9)18-2/h7-8H,3-6,12H2,1-2H3,(H2,13,14,15,16,17). The van der Waals surface area contributed by atoms with Crippen LogP contribution >= 0.6 is 0 Å². The van der Waals surface area contributed by atoms with Crippen molar-refractivity contribution in [2.75, 3.05) is 17.9 Å². The van der Waals surface area contributed by atoms with Gasteiger partial charge >= 0.3 is 6.01 Å². The van der Waals surface area contributed by atoms with Crippen LogP contribution in [0.1, 0.15) is 32.6 Å². The maximum atomic E-state index is 5.32. The molecule has 0 bridgehead atoms. The van der Waals surface area contributed by atoms with Gasteiger partial charge in [0.05, 0.1) is 7.11 Å². The molecule has 0 amide bonds. The molecule has 100 valence electrons. The van der Waals surface area contributed by atoms with Gasteiger partial charge in [-0.3, -0.25) is 5.43 Å². The Morgan fingerprint density at radius 3 is 2.56 bits per heavy atom. The van der Waals surface area contributed by atoms with Gasteiger partial charge in [-0.25, -0.2) is 5.84 Å². The van der Waals surface area contributed by atoms with E-state index in [1.807, 2.05) is 0 Å². The molecule has 4 N–H and O–H groups in total. The lowest BCUT2D eigenvalue weighted by atomic mass is 9.86. The van der Waals surface area contributed by atoms with Gasteiger partial charge in [0.2, 0.25) is 11.9 Å². The van der Waals surface area contributed by atoms with Gasteiger partial charge < -0.3 is 10.1 Å². The summed E-state index contributed by atoms with van der Waals surface area (Å²) in [5.74, 6) is 6.74. The molecule has 2 rings (SSSR count). The minimum absolute atomic E-state index is 0.254. The van der Waals surface area contributed by atoms with Crippen molar-refractivity contribution in [2.45, 2.75) is 38.6 Å². The second-order valence-electron chi connectivity index (χ2n) is 4.63. The van der Waals surface area contributed by atoms with Crippen LogP contribution in [0.2, 0.25) is 0 Å². The number of nitrogens with one attached hydrogen (secondary N) is 2. The van der Waals surface area contributed by atoms with E-state index in [1.165, 1.54) is 26.4 Å². The molecule has 0 spiro atoms. The molecule has 0 aromatic carbocycles. The molecule has 1 aliphatic rings. The van der Waals surface area contributed by atoms with Crippen molar-refractivity contribution in [1.82, 2.24) is 15.0 Å². The third-order valence-electron chi connectivity index (χ3n) is 3.35. The van der Waals surface area contributed by atoms with Crippen LogP contribution in [0, 0.1) is 5.92 Å². The zero-order valence-corrected chi connectivity index (χ0v) is 10.8. The molecule has 1 fully saturated rings. The van der Waals surface area contributed by atoms with E-state index in [0.29, 0.717) is 23.9 Å². The maximum Gasteiger partial charge on any atom is 0.322 e. The van der Waals surface area contributed by atoms with Gasteiger partial charge in [-0.2, -0.15) is 15.0 Å². The van der Waals surface area contributed by atoms with E-state index < -0.39 is 0 Å². The maximum absolute atomic E-state index is 5.32. The van der Waals surface area contributed by atoms with Gasteiger partial charge in [-0.1, -0.05) is 19.8 Å². The highest BCUT2D eigenvalue weighted by Gasteiger charge is 2.22. The topological polar surface area (TPSA) is 98.0 Å². The van der Waals surface area contributed by atoms with Crippen molar-refractivity contribution in [3.8, 4) is 6.01 Å². The minimum atomic E-state index is 0.254. The zero-order chi connectivity index (χ0) is 13.0. The number of rotatable bonds is 4. The lowest BCUT2D eigenvalue weighted by Crippen LogP contribution is -2.31. The van der Waals surface area contributed by atoms with Crippen molar-refractivity contribution >= 4 is 11.9 Å². The van der Waals surface area contributed by atoms with E-state index in [4.69, 9.17) is 10.6 Å². The Bertz CT molecular complexity index is 377. The molecule has 1 heterocycles. The Kier molecular flexibility index (Phi) is 4.14. The molecule has 1 aromatic heterocycles. The Labute approximate surface area is 107 Å². The summed E-state index contributed by atoms with van der Waals surface area (Å²) in [5.41, 5.74) is 2.41. The van der Waals surface area contributed by atoms with Crippen molar-refractivity contribution in [3.63, 3.8) is 0 Å². The number of nitrogens with zero attached hydrogens (tertiary/aromatic N) is 3. The minimum Gasteiger partial charge on any atom is -0.467 e. The van der Waals surface area contributed by atoms with Crippen molar-refractivity contribution in [2.24, 2.45) is 11.8 Å².